The van der Waals surface area contributed by atoms with Gasteiger partial charge in [-0.1, -0.05) is 29.5 Å². The molecule has 0 bridgehead atoms. The number of hydrogen-bond donors (Lipinski definition) is 0. The molecule has 0 spiro atoms. The maximum absolute atomic E-state index is 11.4. The molecule has 1 unspecified atom stereocenters. The fourth-order valence-corrected chi connectivity index (χ4v) is 5.83. The second kappa shape index (κ2) is 8.57. The van der Waals surface area contributed by atoms with E-state index in [4.69, 9.17) is 0 Å². The van der Waals surface area contributed by atoms with Gasteiger partial charge in [0.25, 0.3) is 0 Å². The number of carbonyl (C=O) groups excluding carboxylic acids is 1. The highest BCUT2D eigenvalue weighted by Gasteiger charge is 2.21. The lowest BCUT2D eigenvalue weighted by molar-refractivity contribution is -0.116. The summed E-state index contributed by atoms with van der Waals surface area (Å²) in [7, 11) is 0. The average molecular weight is 449 g/mol. The number of rotatable bonds is 5. The molecule has 0 radical (unpaired) electrons. The molecule has 2 aromatic heterocycles. The topological polar surface area (TPSA) is 59.0 Å². The maximum Gasteiger partial charge on any atom is 0.147 e. The summed E-state index contributed by atoms with van der Waals surface area (Å²) in [5.74, 6) is 0.118. The second-order valence-electron chi connectivity index (χ2n) is 8.15. The van der Waals surface area contributed by atoms with Crippen LogP contribution in [0, 0.1) is 0 Å². The number of Topliss-reactive ketones (excluding diaryl/α,β-unsaturated/α-hetero) is 1. The molecule has 1 aliphatic heterocycles. The molecule has 0 fully saturated rings. The number of fused-ring (bicyclic) bond motifs is 2. The van der Waals surface area contributed by atoms with Crippen molar-refractivity contribution in [3.63, 3.8) is 0 Å². The van der Waals surface area contributed by atoms with Gasteiger partial charge in [0.05, 0.1) is 22.1 Å². The Kier molecular flexibility index (Phi) is 5.65. The van der Waals surface area contributed by atoms with E-state index >= 15 is 0 Å². The number of nitrogens with zero attached hydrogens (tertiary/aromatic N) is 4. The maximum atomic E-state index is 11.4. The zero-order valence-electron chi connectivity index (χ0n) is 17.7. The molecule has 7 heteroatoms. The van der Waals surface area contributed by atoms with Crippen molar-refractivity contribution in [1.82, 2.24) is 20.1 Å². The second-order valence-corrected chi connectivity index (χ2v) is 10.1. The lowest BCUT2D eigenvalue weighted by atomic mass is 10.0. The van der Waals surface area contributed by atoms with Gasteiger partial charge < -0.3 is 0 Å². The van der Waals surface area contributed by atoms with Crippen molar-refractivity contribution in [3.8, 4) is 10.6 Å². The van der Waals surface area contributed by atoms with Gasteiger partial charge in [0.2, 0.25) is 0 Å². The Morgan fingerprint density at radius 2 is 1.94 bits per heavy atom. The van der Waals surface area contributed by atoms with Crippen molar-refractivity contribution in [3.05, 3.63) is 63.6 Å². The molecule has 3 heterocycles. The van der Waals surface area contributed by atoms with Crippen molar-refractivity contribution >= 4 is 38.7 Å². The number of ketones is 1. The molecule has 4 aromatic rings. The van der Waals surface area contributed by atoms with Gasteiger partial charge >= 0.3 is 0 Å². The largest absolute Gasteiger partial charge is 0.300 e. The smallest absolute Gasteiger partial charge is 0.147 e. The van der Waals surface area contributed by atoms with E-state index in [1.54, 1.807) is 18.3 Å². The Morgan fingerprint density at radius 3 is 2.77 bits per heavy atom. The first-order valence-corrected chi connectivity index (χ1v) is 12.3. The lowest BCUT2D eigenvalue weighted by Crippen LogP contribution is -2.29. The molecule has 0 saturated carbocycles. The third kappa shape index (κ3) is 4.31. The van der Waals surface area contributed by atoms with Crippen LogP contribution in [0.3, 0.4) is 0 Å². The van der Waals surface area contributed by atoms with E-state index in [9.17, 15) is 4.79 Å². The van der Waals surface area contributed by atoms with Crippen LogP contribution in [0.2, 0.25) is 0 Å². The van der Waals surface area contributed by atoms with Crippen molar-refractivity contribution in [2.45, 2.75) is 39.2 Å². The minimum atomic E-state index is 0.118. The van der Waals surface area contributed by atoms with Crippen LogP contribution in [-0.4, -0.2) is 39.0 Å². The Labute approximate surface area is 189 Å². The first-order chi connectivity index (χ1) is 15.1. The molecule has 158 valence electrons. The molecule has 2 aromatic carbocycles. The molecular formula is C24H24N4OS2. The van der Waals surface area contributed by atoms with Crippen molar-refractivity contribution < 1.29 is 4.79 Å². The zero-order chi connectivity index (χ0) is 21.4. The Bertz CT molecular complexity index is 1250. The van der Waals surface area contributed by atoms with E-state index in [0.717, 1.165) is 47.0 Å². The van der Waals surface area contributed by atoms with Gasteiger partial charge in [-0.15, -0.1) is 21.5 Å². The minimum absolute atomic E-state index is 0.118. The molecule has 5 nitrogen and oxygen atoms in total. The summed E-state index contributed by atoms with van der Waals surface area (Å²) in [5.41, 5.74) is 8.25. The number of aromatic nitrogens is 3. The van der Waals surface area contributed by atoms with Crippen molar-refractivity contribution in [1.29, 1.82) is 0 Å². The fourth-order valence-electron chi connectivity index (χ4n) is 4.26. The van der Waals surface area contributed by atoms with Crippen LogP contribution < -0.4 is 0 Å². The highest BCUT2D eigenvalue weighted by atomic mass is 32.1. The van der Waals surface area contributed by atoms with Gasteiger partial charge in [-0.05, 0) is 61.6 Å². The van der Waals surface area contributed by atoms with Crippen molar-refractivity contribution in [2.75, 3.05) is 13.1 Å². The van der Waals surface area contributed by atoms with Gasteiger partial charge in [0.1, 0.15) is 15.8 Å². The number of hydrogen-bond acceptors (Lipinski definition) is 7. The molecule has 5 rings (SSSR count). The quantitative estimate of drug-likeness (QED) is 0.425. The first kappa shape index (κ1) is 20.4. The summed E-state index contributed by atoms with van der Waals surface area (Å²) < 4.78 is 1.25. The van der Waals surface area contributed by atoms with Crippen LogP contribution >= 0.6 is 22.7 Å². The summed E-state index contributed by atoms with van der Waals surface area (Å²) >= 11 is 3.21. The van der Waals surface area contributed by atoms with Gasteiger partial charge in [0, 0.05) is 24.7 Å². The summed E-state index contributed by atoms with van der Waals surface area (Å²) in [6.45, 7) is 5.96. The molecule has 0 N–H and O–H groups in total. The molecule has 31 heavy (non-hydrogen) atoms. The first-order valence-electron chi connectivity index (χ1n) is 10.6. The highest BCUT2D eigenvalue weighted by molar-refractivity contribution is 7.16. The van der Waals surface area contributed by atoms with Crippen LogP contribution in [0.25, 0.3) is 20.8 Å². The third-order valence-electron chi connectivity index (χ3n) is 6.04. The van der Waals surface area contributed by atoms with Crippen molar-refractivity contribution in [2.24, 2.45) is 0 Å². The van der Waals surface area contributed by atoms with Crippen LogP contribution in [0.5, 0.6) is 0 Å². The normalized spacial score (nSPS) is 15.5. The Morgan fingerprint density at radius 1 is 1.10 bits per heavy atom. The molecule has 0 saturated heterocycles. The van der Waals surface area contributed by atoms with E-state index in [1.807, 2.05) is 5.51 Å². The fraction of sp³-hybridized carbons (Fsp3) is 0.333. The SMILES string of the molecule is CC(=O)Cc1nnc(-c2ccc3c(c2)CCN(C(C)c2ccc4scnc4c2)CC3)s1. The Balaban J connectivity index is 1.33. The molecule has 0 amide bonds. The predicted molar refractivity (Wildman–Crippen MR) is 127 cm³/mol. The average Bonchev–Trinajstić information content (AvgIpc) is 3.37. The van der Waals surface area contributed by atoms with Gasteiger partial charge in [0.15, 0.2) is 0 Å². The Hall–Kier alpha value is -2.48. The highest BCUT2D eigenvalue weighted by Crippen LogP contribution is 2.30. The summed E-state index contributed by atoms with van der Waals surface area (Å²) in [6, 6.07) is 13.7. The van der Waals surface area contributed by atoms with E-state index < -0.39 is 0 Å². The molecule has 1 atom stereocenters. The zero-order valence-corrected chi connectivity index (χ0v) is 19.3. The summed E-state index contributed by atoms with van der Waals surface area (Å²) in [5, 5.41) is 10.2. The molecule has 1 aliphatic rings. The minimum Gasteiger partial charge on any atom is -0.300 e. The van der Waals surface area contributed by atoms with Crippen LogP contribution in [0.15, 0.2) is 41.9 Å². The summed E-state index contributed by atoms with van der Waals surface area (Å²) in [6.07, 6.45) is 2.43. The monoisotopic (exact) mass is 448 g/mol. The molecular weight excluding hydrogens is 424 g/mol. The third-order valence-corrected chi connectivity index (χ3v) is 7.82. The number of thiazole rings is 1. The van der Waals surface area contributed by atoms with Gasteiger partial charge in [-0.25, -0.2) is 4.98 Å². The summed E-state index contributed by atoms with van der Waals surface area (Å²) in [4.78, 5) is 18.4. The van der Waals surface area contributed by atoms with Crippen LogP contribution in [0.4, 0.5) is 0 Å². The van der Waals surface area contributed by atoms with E-state index in [-0.39, 0.29) is 5.78 Å². The van der Waals surface area contributed by atoms with Crippen LogP contribution in [0.1, 0.15) is 41.6 Å². The van der Waals surface area contributed by atoms with Gasteiger partial charge in [-0.3, -0.25) is 9.69 Å². The standard InChI is InChI=1S/C24H24N4OS2/c1-15(29)11-23-26-27-24(31-23)20-4-3-17-7-9-28(10-8-19(17)12-20)16(2)18-5-6-22-21(13-18)25-14-30-22/h3-6,12-14,16H,7-11H2,1-2H3. The van der Waals surface area contributed by atoms with E-state index in [0.29, 0.717) is 12.5 Å². The van der Waals surface area contributed by atoms with E-state index in [2.05, 4.69) is 63.4 Å². The van der Waals surface area contributed by atoms with Gasteiger partial charge in [-0.2, -0.15) is 0 Å². The molecule has 0 aliphatic carbocycles. The van der Waals surface area contributed by atoms with Crippen LogP contribution in [-0.2, 0) is 24.1 Å². The van der Waals surface area contributed by atoms with E-state index in [1.165, 1.54) is 32.7 Å². The predicted octanol–water partition coefficient (Wildman–Crippen LogP) is 5.11. The number of carbonyl (C=O) groups is 1. The number of benzene rings is 2. The lowest BCUT2D eigenvalue weighted by Gasteiger charge is -2.28.